The molecule has 0 spiro atoms. The standard InChI is InChI=1S/C39H23N5O/c45-38-28-13-4-7-15-31(28)40-37-29-14-6-9-17-34(29)43-36-21-19-25(23-32(36)41-39(43)44(37)38)24-18-20-35-30(22-24)27-12-5-8-16-33(27)42(35)26-10-2-1-3-11-26/h1-23H. The van der Waals surface area contributed by atoms with Crippen LogP contribution < -0.4 is 5.56 Å². The highest BCUT2D eigenvalue weighted by Gasteiger charge is 2.18. The molecule has 0 aliphatic rings. The van der Waals surface area contributed by atoms with Crippen molar-refractivity contribution < 1.29 is 0 Å². The summed E-state index contributed by atoms with van der Waals surface area (Å²) in [5, 5.41) is 3.88. The van der Waals surface area contributed by atoms with E-state index in [0.717, 1.165) is 44.3 Å². The summed E-state index contributed by atoms with van der Waals surface area (Å²) in [7, 11) is 0. The van der Waals surface area contributed by atoms with Crippen LogP contribution in [0.15, 0.2) is 144 Å². The van der Waals surface area contributed by atoms with E-state index in [0.29, 0.717) is 22.3 Å². The SMILES string of the molecule is O=c1c2ccccc2nc2c3ccccc3n3c4ccc(-c5ccc6c(c5)c5ccccc5n6-c5ccccc5)cc4nc3n12. The highest BCUT2D eigenvalue weighted by molar-refractivity contribution is 6.10. The summed E-state index contributed by atoms with van der Waals surface area (Å²) in [6.07, 6.45) is 0. The zero-order valence-corrected chi connectivity index (χ0v) is 23.9. The largest absolute Gasteiger partial charge is 0.309 e. The zero-order valence-electron chi connectivity index (χ0n) is 23.9. The first-order valence-electron chi connectivity index (χ1n) is 15.0. The number of hydrogen-bond acceptors (Lipinski definition) is 3. The second-order valence-electron chi connectivity index (χ2n) is 11.5. The highest BCUT2D eigenvalue weighted by atomic mass is 16.1. The van der Waals surface area contributed by atoms with Crippen LogP contribution in [0.2, 0.25) is 0 Å². The van der Waals surface area contributed by atoms with Gasteiger partial charge in [-0.25, -0.2) is 14.4 Å². The second-order valence-corrected chi connectivity index (χ2v) is 11.5. The fourth-order valence-electron chi connectivity index (χ4n) is 7.00. The summed E-state index contributed by atoms with van der Waals surface area (Å²) in [5.74, 6) is 0.556. The fraction of sp³-hybridized carbons (Fsp3) is 0. The molecule has 6 heteroatoms. The molecule has 0 amide bonds. The highest BCUT2D eigenvalue weighted by Crippen LogP contribution is 2.36. The van der Waals surface area contributed by atoms with Crippen LogP contribution in [0, 0.1) is 0 Å². The molecule has 0 fully saturated rings. The number of aromatic nitrogens is 5. The predicted octanol–water partition coefficient (Wildman–Crippen LogP) is 8.57. The summed E-state index contributed by atoms with van der Waals surface area (Å²) in [5.41, 5.74) is 9.53. The molecule has 210 valence electrons. The first kappa shape index (κ1) is 24.2. The molecule has 0 radical (unpaired) electrons. The van der Waals surface area contributed by atoms with E-state index in [1.807, 2.05) is 48.5 Å². The maximum Gasteiger partial charge on any atom is 0.268 e. The van der Waals surface area contributed by atoms with Crippen molar-refractivity contribution in [1.29, 1.82) is 0 Å². The van der Waals surface area contributed by atoms with Crippen LogP contribution in [0.25, 0.3) is 82.9 Å². The molecule has 0 saturated carbocycles. The normalized spacial score (nSPS) is 12.1. The van der Waals surface area contributed by atoms with E-state index in [1.54, 1.807) is 4.40 Å². The minimum Gasteiger partial charge on any atom is -0.309 e. The Morgan fingerprint density at radius 2 is 1.09 bits per heavy atom. The zero-order chi connectivity index (χ0) is 29.6. The van der Waals surface area contributed by atoms with Crippen molar-refractivity contribution >= 4 is 66.1 Å². The van der Waals surface area contributed by atoms with E-state index < -0.39 is 0 Å². The molecule has 10 aromatic rings. The number of imidazole rings is 1. The minimum absolute atomic E-state index is 0.123. The molecule has 0 bridgehead atoms. The van der Waals surface area contributed by atoms with Crippen LogP contribution in [0.3, 0.4) is 0 Å². The van der Waals surface area contributed by atoms with Crippen LogP contribution in [-0.4, -0.2) is 23.3 Å². The number of fused-ring (bicyclic) bond motifs is 12. The lowest BCUT2D eigenvalue weighted by Crippen LogP contribution is -2.18. The smallest absolute Gasteiger partial charge is 0.268 e. The maximum absolute atomic E-state index is 13.9. The predicted molar refractivity (Wildman–Crippen MR) is 183 cm³/mol. The number of para-hydroxylation sites is 4. The summed E-state index contributed by atoms with van der Waals surface area (Å²) in [6, 6.07) is 47.7. The Bertz CT molecular complexity index is 2900. The van der Waals surface area contributed by atoms with Crippen molar-refractivity contribution in [2.75, 3.05) is 0 Å². The topological polar surface area (TPSA) is 56.6 Å². The van der Waals surface area contributed by atoms with Crippen molar-refractivity contribution in [1.82, 2.24) is 23.3 Å². The molecule has 4 heterocycles. The van der Waals surface area contributed by atoms with Gasteiger partial charge in [0, 0.05) is 21.8 Å². The van der Waals surface area contributed by atoms with Gasteiger partial charge in [-0.2, -0.15) is 0 Å². The van der Waals surface area contributed by atoms with Crippen molar-refractivity contribution in [2.24, 2.45) is 0 Å². The molecule has 0 aliphatic heterocycles. The molecular weight excluding hydrogens is 554 g/mol. The lowest BCUT2D eigenvalue weighted by Gasteiger charge is -2.10. The summed E-state index contributed by atoms with van der Waals surface area (Å²) >= 11 is 0. The van der Waals surface area contributed by atoms with Crippen molar-refractivity contribution in [2.45, 2.75) is 0 Å². The van der Waals surface area contributed by atoms with Gasteiger partial charge >= 0.3 is 0 Å². The Morgan fingerprint density at radius 1 is 0.444 bits per heavy atom. The Labute approximate surface area is 255 Å². The summed E-state index contributed by atoms with van der Waals surface area (Å²) in [4.78, 5) is 23.9. The lowest BCUT2D eigenvalue weighted by molar-refractivity contribution is 1.05. The first-order chi connectivity index (χ1) is 22.2. The van der Waals surface area contributed by atoms with E-state index in [2.05, 4.69) is 100.0 Å². The fourth-order valence-corrected chi connectivity index (χ4v) is 7.00. The Kier molecular flexibility index (Phi) is 4.77. The van der Waals surface area contributed by atoms with Gasteiger partial charge in [0.05, 0.1) is 38.5 Å². The van der Waals surface area contributed by atoms with Gasteiger partial charge in [0.2, 0.25) is 5.78 Å². The van der Waals surface area contributed by atoms with E-state index in [4.69, 9.17) is 9.97 Å². The van der Waals surface area contributed by atoms with Gasteiger partial charge in [0.25, 0.3) is 5.56 Å². The Hall–Kier alpha value is -6.27. The molecule has 45 heavy (non-hydrogen) atoms. The third-order valence-electron chi connectivity index (χ3n) is 9.02. The average molecular weight is 578 g/mol. The lowest BCUT2D eigenvalue weighted by atomic mass is 10.0. The maximum atomic E-state index is 13.9. The van der Waals surface area contributed by atoms with Crippen LogP contribution >= 0.6 is 0 Å². The van der Waals surface area contributed by atoms with Gasteiger partial charge in [0.1, 0.15) is 0 Å². The van der Waals surface area contributed by atoms with Crippen LogP contribution in [0.5, 0.6) is 0 Å². The van der Waals surface area contributed by atoms with E-state index in [9.17, 15) is 4.79 Å². The molecule has 0 N–H and O–H groups in total. The van der Waals surface area contributed by atoms with Gasteiger partial charge in [-0.05, 0) is 77.9 Å². The number of nitrogens with zero attached hydrogens (tertiary/aromatic N) is 5. The molecule has 6 aromatic carbocycles. The monoisotopic (exact) mass is 577 g/mol. The Morgan fingerprint density at radius 3 is 1.93 bits per heavy atom. The van der Waals surface area contributed by atoms with Crippen molar-refractivity contribution in [3.05, 3.63) is 150 Å². The number of rotatable bonds is 2. The third kappa shape index (κ3) is 3.30. The van der Waals surface area contributed by atoms with Crippen LogP contribution in [0.1, 0.15) is 0 Å². The van der Waals surface area contributed by atoms with Gasteiger partial charge in [0.15, 0.2) is 5.65 Å². The minimum atomic E-state index is -0.123. The first-order valence-corrected chi connectivity index (χ1v) is 15.0. The summed E-state index contributed by atoms with van der Waals surface area (Å²) in [6.45, 7) is 0. The Balaban J connectivity index is 1.24. The van der Waals surface area contributed by atoms with Crippen molar-refractivity contribution in [3.63, 3.8) is 0 Å². The molecule has 6 nitrogen and oxygen atoms in total. The van der Waals surface area contributed by atoms with Crippen molar-refractivity contribution in [3.8, 4) is 16.8 Å². The third-order valence-corrected chi connectivity index (χ3v) is 9.02. The van der Waals surface area contributed by atoms with Gasteiger partial charge in [-0.1, -0.05) is 72.8 Å². The molecule has 0 atom stereocenters. The average Bonchev–Trinajstić information content (AvgIpc) is 3.64. The molecular formula is C39H23N5O. The molecule has 0 aliphatic carbocycles. The van der Waals surface area contributed by atoms with E-state index in [-0.39, 0.29) is 5.56 Å². The number of hydrogen-bond donors (Lipinski definition) is 0. The summed E-state index contributed by atoms with van der Waals surface area (Å²) < 4.78 is 6.07. The van der Waals surface area contributed by atoms with E-state index in [1.165, 1.54) is 16.3 Å². The van der Waals surface area contributed by atoms with Crippen LogP contribution in [-0.2, 0) is 0 Å². The quantitative estimate of drug-likeness (QED) is 0.153. The van der Waals surface area contributed by atoms with E-state index >= 15 is 0 Å². The molecule has 0 saturated heterocycles. The second kappa shape index (κ2) is 8.88. The number of benzene rings is 6. The molecule has 4 aromatic heterocycles. The van der Waals surface area contributed by atoms with Gasteiger partial charge in [-0.15, -0.1) is 0 Å². The molecule has 0 unspecified atom stereocenters. The van der Waals surface area contributed by atoms with Crippen LogP contribution in [0.4, 0.5) is 0 Å². The van der Waals surface area contributed by atoms with Gasteiger partial charge in [-0.3, -0.25) is 9.20 Å². The molecule has 10 rings (SSSR count). The van der Waals surface area contributed by atoms with Gasteiger partial charge < -0.3 is 4.57 Å².